The molecule has 0 spiro atoms. The van der Waals surface area contributed by atoms with E-state index in [4.69, 9.17) is 5.11 Å². The van der Waals surface area contributed by atoms with Crippen LogP contribution in [0.5, 0.6) is 0 Å². The zero-order valence-corrected chi connectivity index (χ0v) is 7.82. The van der Waals surface area contributed by atoms with Crippen LogP contribution < -0.4 is 0 Å². The van der Waals surface area contributed by atoms with Crippen LogP contribution in [0.4, 0.5) is 0 Å². The van der Waals surface area contributed by atoms with Gasteiger partial charge in [0.1, 0.15) is 0 Å². The Morgan fingerprint density at radius 2 is 1.70 bits per heavy atom. The van der Waals surface area contributed by atoms with Crippen molar-refractivity contribution in [3.05, 3.63) is 0 Å². The fourth-order valence-corrected chi connectivity index (χ4v) is 0.962. The highest BCUT2D eigenvalue weighted by molar-refractivity contribution is 5.85. The Labute approximate surface area is 69.6 Å². The number of rotatable bonds is 4. The summed E-state index contributed by atoms with van der Waals surface area (Å²) in [4.78, 5) is 2.22. The number of hydrogen-bond donors (Lipinski definition) is 1. The Morgan fingerprint density at radius 1 is 1.30 bits per heavy atom. The second-order valence-corrected chi connectivity index (χ2v) is 2.25. The summed E-state index contributed by atoms with van der Waals surface area (Å²) in [7, 11) is 0. The molecule has 0 aliphatic heterocycles. The molecule has 2 nitrogen and oxygen atoms in total. The number of aliphatic hydroxyl groups excluding tert-OH is 1. The third-order valence-electron chi connectivity index (χ3n) is 1.70. The van der Waals surface area contributed by atoms with Gasteiger partial charge in [0.15, 0.2) is 0 Å². The molecule has 0 amide bonds. The number of hydrogen-bond acceptors (Lipinski definition) is 2. The highest BCUT2D eigenvalue weighted by atomic mass is 35.5. The first-order chi connectivity index (χ1) is 4.26. The van der Waals surface area contributed by atoms with Gasteiger partial charge in [-0.25, -0.2) is 0 Å². The Kier molecular flexibility index (Phi) is 9.40. The monoisotopic (exact) mass is 167 g/mol. The minimum absolute atomic E-state index is 0. The smallest absolute Gasteiger partial charge is 0.0584 e. The zero-order chi connectivity index (χ0) is 7.28. The van der Waals surface area contributed by atoms with E-state index in [9.17, 15) is 0 Å². The zero-order valence-electron chi connectivity index (χ0n) is 7.00. The molecular weight excluding hydrogens is 150 g/mol. The second-order valence-electron chi connectivity index (χ2n) is 2.25. The standard InChI is InChI=1S/C7H17NO.ClH/c1-4-8(5-2)7(3)6-9;/h7,9H,4-6H2,1-3H3;1H/t7-;/m0./s1. The van der Waals surface area contributed by atoms with Crippen LogP contribution in [0.1, 0.15) is 20.8 Å². The lowest BCUT2D eigenvalue weighted by atomic mass is 10.3. The number of nitrogens with zero attached hydrogens (tertiary/aromatic N) is 1. The molecule has 10 heavy (non-hydrogen) atoms. The van der Waals surface area contributed by atoms with Gasteiger partial charge in [-0.05, 0) is 20.0 Å². The van der Waals surface area contributed by atoms with Crippen LogP contribution in [0.2, 0.25) is 0 Å². The first-order valence-corrected chi connectivity index (χ1v) is 3.61. The van der Waals surface area contributed by atoms with Gasteiger partial charge < -0.3 is 5.11 Å². The van der Waals surface area contributed by atoms with Crippen molar-refractivity contribution in [2.75, 3.05) is 19.7 Å². The average molecular weight is 168 g/mol. The van der Waals surface area contributed by atoms with E-state index in [-0.39, 0.29) is 19.0 Å². The molecule has 0 radical (unpaired) electrons. The van der Waals surface area contributed by atoms with E-state index in [1.54, 1.807) is 0 Å². The number of likely N-dealkylation sites (N-methyl/N-ethyl adjacent to an activating group) is 1. The van der Waals surface area contributed by atoms with Crippen molar-refractivity contribution in [1.82, 2.24) is 4.90 Å². The van der Waals surface area contributed by atoms with Gasteiger partial charge in [0.05, 0.1) is 6.61 Å². The van der Waals surface area contributed by atoms with E-state index in [2.05, 4.69) is 18.7 Å². The van der Waals surface area contributed by atoms with Crippen molar-refractivity contribution < 1.29 is 5.11 Å². The largest absolute Gasteiger partial charge is 0.395 e. The van der Waals surface area contributed by atoms with E-state index >= 15 is 0 Å². The Bertz CT molecular complexity index is 66.6. The van der Waals surface area contributed by atoms with E-state index in [1.807, 2.05) is 6.92 Å². The number of aliphatic hydroxyl groups is 1. The molecule has 0 rings (SSSR count). The summed E-state index contributed by atoms with van der Waals surface area (Å²) in [6.07, 6.45) is 0. The SMILES string of the molecule is CCN(CC)[C@@H](C)CO.Cl. The third-order valence-corrected chi connectivity index (χ3v) is 1.70. The molecule has 64 valence electrons. The highest BCUT2D eigenvalue weighted by Gasteiger charge is 2.06. The maximum atomic E-state index is 8.73. The van der Waals surface area contributed by atoms with Gasteiger partial charge in [0.25, 0.3) is 0 Å². The highest BCUT2D eigenvalue weighted by Crippen LogP contribution is 1.95. The maximum absolute atomic E-state index is 8.73. The Hall–Kier alpha value is 0.210. The van der Waals surface area contributed by atoms with E-state index in [0.29, 0.717) is 6.04 Å². The summed E-state index contributed by atoms with van der Waals surface area (Å²) in [6, 6.07) is 0.319. The lowest BCUT2D eigenvalue weighted by Crippen LogP contribution is -2.35. The quantitative estimate of drug-likeness (QED) is 0.679. The van der Waals surface area contributed by atoms with Crippen LogP contribution >= 0.6 is 12.4 Å². The van der Waals surface area contributed by atoms with E-state index in [1.165, 1.54) is 0 Å². The Morgan fingerprint density at radius 3 is 1.80 bits per heavy atom. The molecule has 0 aromatic carbocycles. The summed E-state index contributed by atoms with van der Waals surface area (Å²) in [6.45, 7) is 8.57. The van der Waals surface area contributed by atoms with E-state index in [0.717, 1.165) is 13.1 Å². The van der Waals surface area contributed by atoms with Crippen molar-refractivity contribution >= 4 is 12.4 Å². The van der Waals surface area contributed by atoms with Crippen molar-refractivity contribution in [3.63, 3.8) is 0 Å². The molecule has 0 bridgehead atoms. The molecule has 0 heterocycles. The first kappa shape index (κ1) is 12.8. The normalized spacial score (nSPS) is 12.9. The summed E-state index contributed by atoms with van der Waals surface area (Å²) in [5.41, 5.74) is 0. The predicted molar refractivity (Wildman–Crippen MR) is 46.7 cm³/mol. The molecule has 0 fully saturated rings. The molecule has 0 unspecified atom stereocenters. The second kappa shape index (κ2) is 7.32. The van der Waals surface area contributed by atoms with E-state index < -0.39 is 0 Å². The van der Waals surface area contributed by atoms with Crippen LogP contribution in [0, 0.1) is 0 Å². The summed E-state index contributed by atoms with van der Waals surface area (Å²) in [5.74, 6) is 0. The van der Waals surface area contributed by atoms with Gasteiger partial charge >= 0.3 is 0 Å². The summed E-state index contributed by atoms with van der Waals surface area (Å²) >= 11 is 0. The fraction of sp³-hybridized carbons (Fsp3) is 1.00. The van der Waals surface area contributed by atoms with Crippen LogP contribution in [0.15, 0.2) is 0 Å². The molecule has 0 saturated heterocycles. The fourth-order valence-electron chi connectivity index (χ4n) is 0.962. The molecule has 0 aromatic heterocycles. The lowest BCUT2D eigenvalue weighted by Gasteiger charge is -2.23. The molecule has 0 aliphatic rings. The number of halogens is 1. The van der Waals surface area contributed by atoms with Crippen molar-refractivity contribution in [2.24, 2.45) is 0 Å². The topological polar surface area (TPSA) is 23.5 Å². The lowest BCUT2D eigenvalue weighted by molar-refractivity contribution is 0.145. The third kappa shape index (κ3) is 4.09. The minimum atomic E-state index is 0. The van der Waals surface area contributed by atoms with Gasteiger partial charge in [-0.15, -0.1) is 12.4 Å². The van der Waals surface area contributed by atoms with Gasteiger partial charge in [-0.2, -0.15) is 0 Å². The van der Waals surface area contributed by atoms with Crippen LogP contribution in [0.3, 0.4) is 0 Å². The predicted octanol–water partition coefficient (Wildman–Crippen LogP) is 1.13. The summed E-state index contributed by atoms with van der Waals surface area (Å²) < 4.78 is 0. The Balaban J connectivity index is 0. The maximum Gasteiger partial charge on any atom is 0.0584 e. The summed E-state index contributed by atoms with van der Waals surface area (Å²) in [5, 5.41) is 8.73. The van der Waals surface area contributed by atoms with Gasteiger partial charge in [0, 0.05) is 6.04 Å². The minimum Gasteiger partial charge on any atom is -0.395 e. The van der Waals surface area contributed by atoms with Crippen LogP contribution in [-0.2, 0) is 0 Å². The first-order valence-electron chi connectivity index (χ1n) is 3.61. The van der Waals surface area contributed by atoms with Crippen molar-refractivity contribution in [2.45, 2.75) is 26.8 Å². The van der Waals surface area contributed by atoms with Gasteiger partial charge in [-0.1, -0.05) is 13.8 Å². The molecule has 3 heteroatoms. The van der Waals surface area contributed by atoms with Crippen LogP contribution in [-0.4, -0.2) is 35.7 Å². The molecule has 0 aliphatic carbocycles. The molecule has 0 aromatic rings. The average Bonchev–Trinajstić information content (AvgIpc) is 1.90. The molecule has 1 N–H and O–H groups in total. The van der Waals surface area contributed by atoms with Gasteiger partial charge in [0.2, 0.25) is 0 Å². The molecular formula is C7H18ClNO. The molecule has 1 atom stereocenters. The molecule has 0 saturated carbocycles. The van der Waals surface area contributed by atoms with Crippen LogP contribution in [0.25, 0.3) is 0 Å². The van der Waals surface area contributed by atoms with Crippen molar-refractivity contribution in [3.8, 4) is 0 Å². The van der Waals surface area contributed by atoms with Crippen molar-refractivity contribution in [1.29, 1.82) is 0 Å². The van der Waals surface area contributed by atoms with Gasteiger partial charge in [-0.3, -0.25) is 4.90 Å².